The minimum atomic E-state index is -0.150. The summed E-state index contributed by atoms with van der Waals surface area (Å²) in [7, 11) is 0. The van der Waals surface area contributed by atoms with Crippen LogP contribution < -0.4 is 14.7 Å². The van der Waals surface area contributed by atoms with E-state index in [4.69, 9.17) is 11.6 Å². The second-order valence-electron chi connectivity index (χ2n) is 28.8. The topological polar surface area (TPSA) is 14.7 Å². The molecular formula is C79H81ClN4. The Hall–Kier alpha value is -8.05. The van der Waals surface area contributed by atoms with Crippen LogP contribution in [0.1, 0.15) is 137 Å². The van der Waals surface area contributed by atoms with Crippen LogP contribution in [0.3, 0.4) is 0 Å². The fourth-order valence-electron chi connectivity index (χ4n) is 12.3. The number of hydrogen-bond acceptors (Lipinski definition) is 3. The molecule has 0 N–H and O–H groups in total. The van der Waals surface area contributed by atoms with Gasteiger partial charge in [-0.05, 0) is 198 Å². The molecule has 2 heterocycles. The van der Waals surface area contributed by atoms with Gasteiger partial charge in [0.15, 0.2) is 0 Å². The molecule has 1 aliphatic heterocycles. The van der Waals surface area contributed by atoms with Crippen LogP contribution in [0, 0.1) is 6.92 Å². The first-order chi connectivity index (χ1) is 39.6. The molecule has 10 aromatic carbocycles. The van der Waals surface area contributed by atoms with Crippen molar-refractivity contribution in [2.45, 2.75) is 138 Å². The quantitative estimate of drug-likeness (QED) is 0.151. The molecule has 84 heavy (non-hydrogen) atoms. The third-order valence-electron chi connectivity index (χ3n) is 17.3. The summed E-state index contributed by atoms with van der Waals surface area (Å²) in [6, 6.07) is 75.2. The van der Waals surface area contributed by atoms with Crippen molar-refractivity contribution in [3.8, 4) is 16.8 Å². The minimum Gasteiger partial charge on any atom is -0.310 e. The fourth-order valence-corrected chi connectivity index (χ4v) is 12.6. The van der Waals surface area contributed by atoms with Gasteiger partial charge >= 0.3 is 0 Å². The normalized spacial score (nSPS) is 13.0. The van der Waals surface area contributed by atoms with Gasteiger partial charge in [-0.3, -0.25) is 0 Å². The number of rotatable bonds is 8. The Bertz CT molecular complexity index is 4280. The van der Waals surface area contributed by atoms with Gasteiger partial charge in [0.1, 0.15) is 0 Å². The van der Waals surface area contributed by atoms with Crippen LogP contribution in [0.2, 0.25) is 5.02 Å². The molecule has 0 aliphatic carbocycles. The van der Waals surface area contributed by atoms with Crippen molar-refractivity contribution in [1.29, 1.82) is 0 Å². The van der Waals surface area contributed by atoms with Gasteiger partial charge in [-0.2, -0.15) is 0 Å². The molecule has 424 valence electrons. The Kier molecular flexibility index (Phi) is 13.7. The number of halogens is 1. The van der Waals surface area contributed by atoms with Gasteiger partial charge in [-0.15, -0.1) is 0 Å². The van der Waals surface area contributed by atoms with Gasteiger partial charge in [0.25, 0.3) is 0 Å². The summed E-state index contributed by atoms with van der Waals surface area (Å²) in [5.41, 5.74) is 22.3. The molecule has 0 saturated carbocycles. The highest BCUT2D eigenvalue weighted by Crippen LogP contribution is 2.56. The van der Waals surface area contributed by atoms with E-state index in [1.165, 1.54) is 66.0 Å². The number of hydrogen-bond donors (Lipinski definition) is 0. The molecular weight excluding hydrogens is 1040 g/mol. The first kappa shape index (κ1) is 56.4. The predicted molar refractivity (Wildman–Crippen MR) is 365 cm³/mol. The van der Waals surface area contributed by atoms with Gasteiger partial charge in [0, 0.05) is 39.2 Å². The predicted octanol–water partition coefficient (Wildman–Crippen LogP) is 23.8. The monoisotopic (exact) mass is 1120 g/mol. The maximum Gasteiger partial charge on any atom is 0.0887 e. The van der Waals surface area contributed by atoms with Crippen LogP contribution in [0.4, 0.5) is 51.2 Å². The SMILES string of the molecule is Cc1cc(N(c2ccc(-c3ccc4ccccc4c3)cc2)c2cccc(N(c3ccc(C(C)(C)C)cc3)c3ccc(C(C)(C)C)cc3)c2)c(Cl)c(N2c3ccc(C(C)(C)C)cc3-n3c4ccc(C(C)(C)C)cc4c4cc(C(C)(C)C)cc2c43)c1. The summed E-state index contributed by atoms with van der Waals surface area (Å²) in [5.74, 6) is 0. The van der Waals surface area contributed by atoms with Gasteiger partial charge < -0.3 is 19.3 Å². The van der Waals surface area contributed by atoms with Gasteiger partial charge in [0.2, 0.25) is 0 Å². The number of aryl methyl sites for hydroxylation is 1. The molecule has 0 amide bonds. The summed E-state index contributed by atoms with van der Waals surface area (Å²) in [5, 5.41) is 5.60. The molecule has 5 heteroatoms. The zero-order chi connectivity index (χ0) is 59.6. The molecule has 0 atom stereocenters. The van der Waals surface area contributed by atoms with Crippen molar-refractivity contribution in [3.05, 3.63) is 239 Å². The van der Waals surface area contributed by atoms with E-state index in [-0.39, 0.29) is 27.1 Å². The summed E-state index contributed by atoms with van der Waals surface area (Å²) < 4.78 is 2.54. The Balaban J connectivity index is 1.10. The Morgan fingerprint density at radius 2 is 0.821 bits per heavy atom. The zero-order valence-electron chi connectivity index (χ0n) is 52.2. The van der Waals surface area contributed by atoms with E-state index < -0.39 is 0 Å². The molecule has 1 aliphatic rings. The molecule has 0 unspecified atom stereocenters. The number of benzene rings is 10. The first-order valence-corrected chi connectivity index (χ1v) is 30.4. The van der Waals surface area contributed by atoms with Crippen LogP contribution in [0.15, 0.2) is 200 Å². The van der Waals surface area contributed by atoms with E-state index >= 15 is 0 Å². The Labute approximate surface area is 505 Å². The largest absolute Gasteiger partial charge is 0.310 e. The molecule has 4 nitrogen and oxygen atoms in total. The Morgan fingerprint density at radius 1 is 0.333 bits per heavy atom. The second-order valence-corrected chi connectivity index (χ2v) is 29.1. The number of nitrogens with zero attached hydrogens (tertiary/aromatic N) is 4. The zero-order valence-corrected chi connectivity index (χ0v) is 53.0. The van der Waals surface area contributed by atoms with E-state index in [0.29, 0.717) is 5.02 Å². The summed E-state index contributed by atoms with van der Waals surface area (Å²) in [6.45, 7) is 36.7. The third kappa shape index (κ3) is 10.2. The first-order valence-electron chi connectivity index (χ1n) is 30.0. The highest BCUT2D eigenvalue weighted by atomic mass is 35.5. The van der Waals surface area contributed by atoms with E-state index in [1.54, 1.807) is 0 Å². The fraction of sp³-hybridized carbons (Fsp3) is 0.266. The molecule has 0 bridgehead atoms. The number of aromatic nitrogens is 1. The van der Waals surface area contributed by atoms with Gasteiger partial charge in [-0.1, -0.05) is 206 Å². The lowest BCUT2D eigenvalue weighted by atomic mass is 9.84. The number of anilines is 9. The smallest absolute Gasteiger partial charge is 0.0887 e. The van der Waals surface area contributed by atoms with Crippen molar-refractivity contribution in [3.63, 3.8) is 0 Å². The Morgan fingerprint density at radius 3 is 1.42 bits per heavy atom. The lowest BCUT2D eigenvalue weighted by Crippen LogP contribution is -2.22. The van der Waals surface area contributed by atoms with E-state index in [0.717, 1.165) is 68.0 Å². The van der Waals surface area contributed by atoms with Crippen molar-refractivity contribution >= 4 is 95.4 Å². The highest BCUT2D eigenvalue weighted by Gasteiger charge is 2.35. The third-order valence-corrected chi connectivity index (χ3v) is 17.7. The average molecular weight is 1120 g/mol. The lowest BCUT2D eigenvalue weighted by Gasteiger charge is -2.37. The molecule has 0 fully saturated rings. The molecule has 11 aromatic rings. The summed E-state index contributed by atoms with van der Waals surface area (Å²) in [6.07, 6.45) is 0. The van der Waals surface area contributed by atoms with Crippen LogP contribution >= 0.6 is 11.6 Å². The molecule has 0 saturated heterocycles. The van der Waals surface area contributed by atoms with Crippen LogP contribution in [0.25, 0.3) is 49.4 Å². The van der Waals surface area contributed by atoms with Crippen molar-refractivity contribution < 1.29 is 0 Å². The van der Waals surface area contributed by atoms with Gasteiger partial charge in [0.05, 0.1) is 44.5 Å². The van der Waals surface area contributed by atoms with Crippen LogP contribution in [-0.4, -0.2) is 4.57 Å². The maximum atomic E-state index is 8.40. The summed E-state index contributed by atoms with van der Waals surface area (Å²) >= 11 is 8.40. The highest BCUT2D eigenvalue weighted by molar-refractivity contribution is 6.37. The minimum absolute atomic E-state index is 0.00946. The molecule has 0 spiro atoms. The van der Waals surface area contributed by atoms with Crippen molar-refractivity contribution in [1.82, 2.24) is 4.57 Å². The van der Waals surface area contributed by atoms with E-state index in [2.05, 4.69) is 330 Å². The molecule has 12 rings (SSSR count). The van der Waals surface area contributed by atoms with E-state index in [9.17, 15) is 0 Å². The average Bonchev–Trinajstić information content (AvgIpc) is 1.61. The van der Waals surface area contributed by atoms with Gasteiger partial charge in [-0.25, -0.2) is 0 Å². The van der Waals surface area contributed by atoms with Crippen molar-refractivity contribution in [2.24, 2.45) is 0 Å². The molecule has 1 aromatic heterocycles. The van der Waals surface area contributed by atoms with Crippen LogP contribution in [0.5, 0.6) is 0 Å². The van der Waals surface area contributed by atoms with Crippen molar-refractivity contribution in [2.75, 3.05) is 14.7 Å². The standard InChI is InChI=1S/C79H81ClN4/c1-50-42-70(73(80)71(43-50)83-68-41-33-58(78(11,12)13)47-69(68)84-67-40-32-57(77(8,9)10)45-65(67)66-46-59(79(14,15)16)48-72(83)74(66)84)82(62-34-26-52(27-35-62)54-25-24-51-20-17-18-21-53(51)44-54)64-23-19-22-63(49-64)81(60-36-28-55(29-37-60)75(2,3)4)61-38-30-56(31-39-61)76(5,6)7/h17-49H,1-16H3. The van der Waals surface area contributed by atoms with Crippen LogP contribution in [-0.2, 0) is 27.1 Å². The lowest BCUT2D eigenvalue weighted by molar-refractivity contribution is 0.589. The number of fused-ring (bicyclic) bond motifs is 6. The molecule has 0 radical (unpaired) electrons. The van der Waals surface area contributed by atoms with E-state index in [1.807, 2.05) is 0 Å². The summed E-state index contributed by atoms with van der Waals surface area (Å²) in [4.78, 5) is 7.24. The second kappa shape index (κ2) is 20.3. The maximum absolute atomic E-state index is 8.40.